The maximum Gasteiger partial charge on any atom is 0.00380 e. The van der Waals surface area contributed by atoms with E-state index in [0.29, 0.717) is 0 Å². The standard InChI is InChI=1S/C9H17N.C2H6/c1-8-3-4-9(8)5-6-10(2)7-9;1-2/h8H,3-7H2,1-2H3;1-2H3/t8?,9-;/m0./s1. The first-order valence-corrected chi connectivity index (χ1v) is 5.41. The summed E-state index contributed by atoms with van der Waals surface area (Å²) in [5.41, 5.74) is 0.773. The van der Waals surface area contributed by atoms with E-state index in [-0.39, 0.29) is 0 Å². The van der Waals surface area contributed by atoms with E-state index in [1.54, 1.807) is 0 Å². The number of hydrogen-bond acceptors (Lipinski definition) is 1. The Morgan fingerprint density at radius 2 is 1.92 bits per heavy atom. The van der Waals surface area contributed by atoms with Crippen LogP contribution in [0, 0.1) is 11.3 Å². The average molecular weight is 169 g/mol. The minimum absolute atomic E-state index is 0.773. The minimum atomic E-state index is 0.773. The maximum atomic E-state index is 2.48. The van der Waals surface area contributed by atoms with Crippen LogP contribution in [0.25, 0.3) is 0 Å². The molecule has 0 radical (unpaired) electrons. The molecule has 1 saturated carbocycles. The minimum Gasteiger partial charge on any atom is -0.306 e. The number of nitrogens with zero attached hydrogens (tertiary/aromatic N) is 1. The van der Waals surface area contributed by atoms with Crippen molar-refractivity contribution in [1.82, 2.24) is 4.90 Å². The van der Waals surface area contributed by atoms with Crippen molar-refractivity contribution in [2.45, 2.75) is 40.0 Å². The summed E-state index contributed by atoms with van der Waals surface area (Å²) >= 11 is 0. The van der Waals surface area contributed by atoms with Crippen LogP contribution in [0.15, 0.2) is 0 Å². The molecule has 0 aromatic rings. The SMILES string of the molecule is CC.CC1CC[C@@]12CCN(C)C2. The van der Waals surface area contributed by atoms with Gasteiger partial charge in [0.2, 0.25) is 0 Å². The molecule has 12 heavy (non-hydrogen) atoms. The van der Waals surface area contributed by atoms with E-state index < -0.39 is 0 Å². The molecule has 2 fully saturated rings. The van der Waals surface area contributed by atoms with Gasteiger partial charge in [-0.1, -0.05) is 20.8 Å². The predicted molar refractivity (Wildman–Crippen MR) is 54.3 cm³/mol. The highest BCUT2D eigenvalue weighted by atomic mass is 15.1. The van der Waals surface area contributed by atoms with E-state index in [1.807, 2.05) is 13.8 Å². The monoisotopic (exact) mass is 169 g/mol. The lowest BCUT2D eigenvalue weighted by Gasteiger charge is -2.45. The predicted octanol–water partition coefficient (Wildman–Crippen LogP) is 2.76. The molecule has 1 heterocycles. The van der Waals surface area contributed by atoms with Crippen LogP contribution in [-0.2, 0) is 0 Å². The Morgan fingerprint density at radius 1 is 1.25 bits per heavy atom. The third-order valence-electron chi connectivity index (χ3n) is 3.70. The smallest absolute Gasteiger partial charge is 0.00380 e. The van der Waals surface area contributed by atoms with Crippen LogP contribution in [0.4, 0.5) is 0 Å². The zero-order valence-electron chi connectivity index (χ0n) is 9.06. The molecule has 0 aromatic carbocycles. The summed E-state index contributed by atoms with van der Waals surface area (Å²) in [6, 6.07) is 0. The fourth-order valence-corrected chi connectivity index (χ4v) is 2.56. The van der Waals surface area contributed by atoms with Crippen LogP contribution in [0.2, 0.25) is 0 Å². The molecule has 72 valence electrons. The van der Waals surface area contributed by atoms with Crippen molar-refractivity contribution in [3.05, 3.63) is 0 Å². The molecule has 1 nitrogen and oxygen atoms in total. The van der Waals surface area contributed by atoms with E-state index >= 15 is 0 Å². The van der Waals surface area contributed by atoms with E-state index in [4.69, 9.17) is 0 Å². The second-order valence-electron chi connectivity index (χ2n) is 4.29. The molecule has 1 aliphatic carbocycles. The van der Waals surface area contributed by atoms with Crippen molar-refractivity contribution in [3.63, 3.8) is 0 Å². The van der Waals surface area contributed by atoms with Crippen LogP contribution in [0.1, 0.15) is 40.0 Å². The van der Waals surface area contributed by atoms with E-state index in [0.717, 1.165) is 11.3 Å². The molecule has 0 N–H and O–H groups in total. The highest BCUT2D eigenvalue weighted by Crippen LogP contribution is 2.52. The molecule has 0 bridgehead atoms. The Kier molecular flexibility index (Phi) is 3.16. The van der Waals surface area contributed by atoms with E-state index in [9.17, 15) is 0 Å². The summed E-state index contributed by atoms with van der Waals surface area (Å²) in [5.74, 6) is 1.01. The van der Waals surface area contributed by atoms with Gasteiger partial charge in [-0.3, -0.25) is 0 Å². The Labute approximate surface area is 77.1 Å². The van der Waals surface area contributed by atoms with Gasteiger partial charge in [0.25, 0.3) is 0 Å². The van der Waals surface area contributed by atoms with Crippen LogP contribution in [0.3, 0.4) is 0 Å². The molecule has 0 aromatic heterocycles. The summed E-state index contributed by atoms with van der Waals surface area (Å²) in [7, 11) is 2.25. The fourth-order valence-electron chi connectivity index (χ4n) is 2.56. The van der Waals surface area contributed by atoms with E-state index in [2.05, 4.69) is 18.9 Å². The Hall–Kier alpha value is -0.0400. The molecule has 1 unspecified atom stereocenters. The molecule has 0 amide bonds. The van der Waals surface area contributed by atoms with Gasteiger partial charge in [0.05, 0.1) is 0 Å². The second-order valence-corrected chi connectivity index (χ2v) is 4.29. The highest BCUT2D eigenvalue weighted by molar-refractivity contribution is 4.99. The summed E-state index contributed by atoms with van der Waals surface area (Å²) in [6.07, 6.45) is 4.44. The molecule has 1 aliphatic heterocycles. The van der Waals surface area contributed by atoms with Crippen LogP contribution >= 0.6 is 0 Å². The first kappa shape index (κ1) is 10.0. The second kappa shape index (κ2) is 3.78. The first-order valence-electron chi connectivity index (χ1n) is 5.41. The van der Waals surface area contributed by atoms with Crippen molar-refractivity contribution < 1.29 is 0 Å². The number of likely N-dealkylation sites (tertiary alicyclic amines) is 1. The van der Waals surface area contributed by atoms with Crippen molar-refractivity contribution >= 4 is 0 Å². The van der Waals surface area contributed by atoms with Gasteiger partial charge in [-0.05, 0) is 44.2 Å². The molecule has 1 heteroatoms. The lowest BCUT2D eigenvalue weighted by molar-refractivity contribution is 0.0566. The Bertz CT molecular complexity index is 144. The molecule has 1 spiro atoms. The van der Waals surface area contributed by atoms with Gasteiger partial charge in [-0.25, -0.2) is 0 Å². The van der Waals surface area contributed by atoms with E-state index in [1.165, 1.54) is 32.4 Å². The first-order chi connectivity index (χ1) is 5.73. The van der Waals surface area contributed by atoms with Crippen molar-refractivity contribution in [2.75, 3.05) is 20.1 Å². The van der Waals surface area contributed by atoms with Crippen LogP contribution in [-0.4, -0.2) is 25.0 Å². The van der Waals surface area contributed by atoms with Gasteiger partial charge in [0.15, 0.2) is 0 Å². The van der Waals surface area contributed by atoms with Gasteiger partial charge < -0.3 is 4.90 Å². The fraction of sp³-hybridized carbons (Fsp3) is 1.00. The molecule has 2 aliphatic rings. The van der Waals surface area contributed by atoms with Gasteiger partial charge in [-0.15, -0.1) is 0 Å². The maximum absolute atomic E-state index is 2.48. The number of hydrogen-bond donors (Lipinski definition) is 0. The third kappa shape index (κ3) is 1.52. The zero-order chi connectivity index (χ0) is 9.19. The quantitative estimate of drug-likeness (QED) is 0.539. The molecular formula is C11H23N. The highest BCUT2D eigenvalue weighted by Gasteiger charge is 2.47. The van der Waals surface area contributed by atoms with Crippen molar-refractivity contribution in [2.24, 2.45) is 11.3 Å². The Morgan fingerprint density at radius 3 is 2.08 bits per heavy atom. The summed E-state index contributed by atoms with van der Waals surface area (Å²) in [4.78, 5) is 2.48. The van der Waals surface area contributed by atoms with Crippen molar-refractivity contribution in [3.8, 4) is 0 Å². The zero-order valence-corrected chi connectivity index (χ0v) is 9.06. The van der Waals surface area contributed by atoms with Crippen molar-refractivity contribution in [1.29, 1.82) is 0 Å². The normalized spacial score (nSPS) is 40.5. The summed E-state index contributed by atoms with van der Waals surface area (Å²) < 4.78 is 0. The van der Waals surface area contributed by atoms with Gasteiger partial charge in [0.1, 0.15) is 0 Å². The summed E-state index contributed by atoms with van der Waals surface area (Å²) in [6.45, 7) is 9.13. The van der Waals surface area contributed by atoms with Gasteiger partial charge >= 0.3 is 0 Å². The molecule has 2 rings (SSSR count). The summed E-state index contributed by atoms with van der Waals surface area (Å²) in [5, 5.41) is 0. The third-order valence-corrected chi connectivity index (χ3v) is 3.70. The largest absolute Gasteiger partial charge is 0.306 e. The average Bonchev–Trinajstić information content (AvgIpc) is 2.51. The molecule has 1 saturated heterocycles. The molecular weight excluding hydrogens is 146 g/mol. The molecule has 2 atom stereocenters. The Balaban J connectivity index is 0.000000336. The topological polar surface area (TPSA) is 3.24 Å². The van der Waals surface area contributed by atoms with Gasteiger partial charge in [0, 0.05) is 6.54 Å². The van der Waals surface area contributed by atoms with Gasteiger partial charge in [-0.2, -0.15) is 0 Å². The van der Waals surface area contributed by atoms with Crippen LogP contribution in [0.5, 0.6) is 0 Å². The number of rotatable bonds is 0. The van der Waals surface area contributed by atoms with Crippen LogP contribution < -0.4 is 0 Å². The lowest BCUT2D eigenvalue weighted by Crippen LogP contribution is -2.40. The lowest BCUT2D eigenvalue weighted by atomic mass is 9.60.